The number of piperazine rings is 1. The molecule has 0 bridgehead atoms. The van der Waals surface area contributed by atoms with Crippen molar-refractivity contribution >= 4 is 32.6 Å². The van der Waals surface area contributed by atoms with Crippen LogP contribution in [0.3, 0.4) is 0 Å². The summed E-state index contributed by atoms with van der Waals surface area (Å²) in [5.74, 6) is 0.437. The summed E-state index contributed by atoms with van der Waals surface area (Å²) < 4.78 is 38.3. The van der Waals surface area contributed by atoms with Crippen LogP contribution in [0.5, 0.6) is 11.5 Å². The summed E-state index contributed by atoms with van der Waals surface area (Å²) in [6, 6.07) is 29.0. The molecule has 1 aliphatic rings. The largest absolute Gasteiger partial charge is 0.455 e. The number of hydrogen-bond donors (Lipinski definition) is 3. The number of hydrogen-bond acceptors (Lipinski definition) is 10. The highest BCUT2D eigenvalue weighted by Gasteiger charge is 2.20. The molecular weight excluding hydrogens is 635 g/mol. The summed E-state index contributed by atoms with van der Waals surface area (Å²) >= 11 is 0.900. The van der Waals surface area contributed by atoms with Gasteiger partial charge < -0.3 is 15.4 Å². The van der Waals surface area contributed by atoms with Crippen LogP contribution >= 0.6 is 11.5 Å². The SMILES string of the molecule is N#Cc1cc(S(=O)(=O)Nc2ncns2)ccc1Oc1ccc(-c2ccccc2)cc1-c1cccc(C(=O)NCCN2CCNCC2)c1. The molecule has 0 aliphatic carbocycles. The molecule has 2 heterocycles. The van der Waals surface area contributed by atoms with Crippen LogP contribution in [0.25, 0.3) is 22.3 Å². The van der Waals surface area contributed by atoms with Gasteiger partial charge in [0.25, 0.3) is 15.9 Å². The van der Waals surface area contributed by atoms with Gasteiger partial charge in [0, 0.05) is 61.9 Å². The fourth-order valence-corrected chi connectivity index (χ4v) is 6.90. The van der Waals surface area contributed by atoms with Gasteiger partial charge in [-0.1, -0.05) is 48.5 Å². The Morgan fingerprint density at radius 2 is 1.72 bits per heavy atom. The minimum Gasteiger partial charge on any atom is -0.455 e. The van der Waals surface area contributed by atoms with E-state index in [0.717, 1.165) is 60.9 Å². The predicted molar refractivity (Wildman–Crippen MR) is 181 cm³/mol. The van der Waals surface area contributed by atoms with Crippen molar-refractivity contribution in [1.29, 1.82) is 5.26 Å². The Labute approximate surface area is 277 Å². The normalized spacial score (nSPS) is 13.4. The standard InChI is InChI=1S/C34H31N7O4S2/c35-22-28-20-29(47(43,44)40-34-38-23-39-46-34)10-12-31(28)45-32-11-9-25(24-5-2-1-3-6-24)21-30(32)26-7-4-8-27(19-26)33(42)37-15-18-41-16-13-36-14-17-41/h1-12,19-21,23,36H,13-18H2,(H,37,42)(H,38,39,40). The lowest BCUT2D eigenvalue weighted by Gasteiger charge is -2.27. The minimum absolute atomic E-state index is 0.0286. The highest BCUT2D eigenvalue weighted by molar-refractivity contribution is 7.93. The Morgan fingerprint density at radius 1 is 0.936 bits per heavy atom. The Morgan fingerprint density at radius 3 is 2.49 bits per heavy atom. The van der Waals surface area contributed by atoms with Crippen LogP contribution in [-0.4, -0.2) is 67.9 Å². The van der Waals surface area contributed by atoms with E-state index in [1.807, 2.05) is 66.7 Å². The molecule has 47 heavy (non-hydrogen) atoms. The van der Waals surface area contributed by atoms with E-state index in [4.69, 9.17) is 4.74 Å². The quantitative estimate of drug-likeness (QED) is 0.178. The lowest BCUT2D eigenvalue weighted by atomic mass is 9.97. The Kier molecular flexibility index (Phi) is 9.84. The third kappa shape index (κ3) is 7.82. The fraction of sp³-hybridized carbons (Fsp3) is 0.176. The summed E-state index contributed by atoms with van der Waals surface area (Å²) in [5.41, 5.74) is 3.91. The van der Waals surface area contributed by atoms with Gasteiger partial charge in [0.2, 0.25) is 5.13 Å². The number of nitrogens with zero attached hydrogens (tertiary/aromatic N) is 4. The molecule has 0 atom stereocenters. The first-order valence-corrected chi connectivity index (χ1v) is 17.2. The van der Waals surface area contributed by atoms with E-state index >= 15 is 0 Å². The second-order valence-corrected chi connectivity index (χ2v) is 13.2. The molecule has 1 aliphatic heterocycles. The molecule has 11 nitrogen and oxygen atoms in total. The number of anilines is 1. The monoisotopic (exact) mass is 665 g/mol. The molecule has 1 amide bonds. The van der Waals surface area contributed by atoms with Crippen molar-refractivity contribution in [3.63, 3.8) is 0 Å². The van der Waals surface area contributed by atoms with Crippen LogP contribution in [0, 0.1) is 11.3 Å². The number of rotatable bonds is 11. The highest BCUT2D eigenvalue weighted by atomic mass is 32.2. The zero-order valence-corrected chi connectivity index (χ0v) is 26.9. The fourth-order valence-electron chi connectivity index (χ4n) is 5.21. The van der Waals surface area contributed by atoms with Gasteiger partial charge in [0.15, 0.2) is 0 Å². The van der Waals surface area contributed by atoms with E-state index < -0.39 is 10.0 Å². The predicted octanol–water partition coefficient (Wildman–Crippen LogP) is 4.97. The lowest BCUT2D eigenvalue weighted by molar-refractivity contribution is 0.0947. The molecule has 1 fully saturated rings. The number of nitriles is 1. The van der Waals surface area contributed by atoms with Gasteiger partial charge in [-0.2, -0.15) is 9.64 Å². The Balaban J connectivity index is 1.29. The smallest absolute Gasteiger partial charge is 0.263 e. The zero-order chi connectivity index (χ0) is 32.6. The van der Waals surface area contributed by atoms with E-state index in [0.29, 0.717) is 23.4 Å². The van der Waals surface area contributed by atoms with Gasteiger partial charge in [0.1, 0.15) is 23.9 Å². The van der Waals surface area contributed by atoms with E-state index in [2.05, 4.69) is 29.6 Å². The van der Waals surface area contributed by atoms with Crippen LogP contribution in [0.1, 0.15) is 15.9 Å². The molecule has 4 aromatic carbocycles. The maximum absolute atomic E-state index is 13.2. The second kappa shape index (κ2) is 14.5. The van der Waals surface area contributed by atoms with Gasteiger partial charge in [-0.25, -0.2) is 13.4 Å². The van der Waals surface area contributed by atoms with Crippen LogP contribution in [0.2, 0.25) is 0 Å². The molecule has 5 aromatic rings. The van der Waals surface area contributed by atoms with E-state index in [-0.39, 0.29) is 27.2 Å². The van der Waals surface area contributed by atoms with Crippen molar-refractivity contribution in [3.05, 3.63) is 108 Å². The number of carbonyl (C=O) groups is 1. The number of sulfonamides is 1. The average Bonchev–Trinajstić information content (AvgIpc) is 3.62. The van der Waals surface area contributed by atoms with Gasteiger partial charge >= 0.3 is 0 Å². The minimum atomic E-state index is -4.01. The maximum Gasteiger partial charge on any atom is 0.263 e. The molecule has 1 saturated heterocycles. The maximum atomic E-state index is 13.2. The van der Waals surface area contributed by atoms with E-state index in [1.54, 1.807) is 12.1 Å². The molecule has 1 aromatic heterocycles. The number of nitrogens with one attached hydrogen (secondary N) is 3. The molecule has 0 spiro atoms. The third-order valence-corrected chi connectivity index (χ3v) is 9.68. The number of benzene rings is 4. The Bertz CT molecular complexity index is 2010. The van der Waals surface area contributed by atoms with Crippen molar-refractivity contribution in [2.75, 3.05) is 44.0 Å². The van der Waals surface area contributed by atoms with Crippen LogP contribution in [0.15, 0.2) is 102 Å². The summed E-state index contributed by atoms with van der Waals surface area (Å²) in [6.07, 6.45) is 1.25. The molecule has 238 valence electrons. The van der Waals surface area contributed by atoms with Crippen molar-refractivity contribution in [1.82, 2.24) is 24.9 Å². The molecule has 6 rings (SSSR count). The van der Waals surface area contributed by atoms with Crippen molar-refractivity contribution in [3.8, 4) is 39.8 Å². The lowest BCUT2D eigenvalue weighted by Crippen LogP contribution is -2.46. The first-order chi connectivity index (χ1) is 22.9. The van der Waals surface area contributed by atoms with Crippen molar-refractivity contribution in [2.45, 2.75) is 4.90 Å². The van der Waals surface area contributed by atoms with E-state index in [1.165, 1.54) is 24.5 Å². The highest BCUT2D eigenvalue weighted by Crippen LogP contribution is 2.38. The molecule has 0 radical (unpaired) electrons. The molecule has 3 N–H and O–H groups in total. The molecule has 0 unspecified atom stereocenters. The van der Waals surface area contributed by atoms with Gasteiger partial charge in [-0.05, 0) is 59.2 Å². The van der Waals surface area contributed by atoms with Crippen molar-refractivity contribution in [2.24, 2.45) is 0 Å². The summed E-state index contributed by atoms with van der Waals surface area (Å²) in [7, 11) is -4.01. The Hall–Kier alpha value is -5.13. The number of carbonyl (C=O) groups excluding carboxylic acids is 1. The number of amides is 1. The summed E-state index contributed by atoms with van der Waals surface area (Å²) in [5, 5.41) is 16.4. The van der Waals surface area contributed by atoms with Gasteiger partial charge in [0.05, 0.1) is 10.5 Å². The second-order valence-electron chi connectivity index (χ2n) is 10.7. The molecule has 13 heteroatoms. The summed E-state index contributed by atoms with van der Waals surface area (Å²) in [4.78, 5) is 19.2. The van der Waals surface area contributed by atoms with E-state index in [9.17, 15) is 18.5 Å². The van der Waals surface area contributed by atoms with Crippen molar-refractivity contribution < 1.29 is 17.9 Å². The zero-order valence-electron chi connectivity index (χ0n) is 25.2. The van der Waals surface area contributed by atoms with Gasteiger partial charge in [-0.15, -0.1) is 0 Å². The first kappa shape index (κ1) is 31.8. The van der Waals surface area contributed by atoms with Crippen LogP contribution < -0.4 is 20.1 Å². The third-order valence-electron chi connectivity index (χ3n) is 7.63. The first-order valence-electron chi connectivity index (χ1n) is 14.9. The van der Waals surface area contributed by atoms with Crippen LogP contribution in [-0.2, 0) is 10.0 Å². The van der Waals surface area contributed by atoms with Crippen LogP contribution in [0.4, 0.5) is 5.13 Å². The van der Waals surface area contributed by atoms with Gasteiger partial charge in [-0.3, -0.25) is 14.4 Å². The topological polar surface area (TPSA) is 149 Å². The number of aromatic nitrogens is 2. The molecule has 0 saturated carbocycles. The summed E-state index contributed by atoms with van der Waals surface area (Å²) in [6.45, 7) is 5.13. The molecular formula is C34H31N7O4S2. The average molecular weight is 666 g/mol. The number of ether oxygens (including phenoxy) is 1.